The Kier molecular flexibility index (Phi) is 4.01. The van der Waals surface area contributed by atoms with Crippen LogP contribution in [0.1, 0.15) is 15.9 Å². The molecule has 0 heterocycles. The monoisotopic (exact) mass is 244 g/mol. The van der Waals surface area contributed by atoms with Crippen molar-refractivity contribution in [2.24, 2.45) is 5.73 Å². The molecule has 0 aliphatic carbocycles. The van der Waals surface area contributed by atoms with Crippen LogP contribution in [0.25, 0.3) is 0 Å². The lowest BCUT2D eigenvalue weighted by molar-refractivity contribution is 0.0118. The number of nitrogens with one attached hydrogen (secondary N) is 1. The Labute approximate surface area is 97.4 Å². The molecule has 0 spiro atoms. The molecule has 4 nitrogen and oxygen atoms in total. The maximum Gasteiger partial charge on any atom is 0.277 e. The van der Waals surface area contributed by atoms with Gasteiger partial charge in [0, 0.05) is 5.56 Å². The number of carbonyl (C=O) groups excluding carboxylic acids is 1. The standard InChI is InChI=1S/C11H14F2N2O2/c1-7-2-3-8(4-9(7)16)10(17)15-6-11(12,13)5-14/h2-4,16H,5-6,14H2,1H3,(H,15,17). The largest absolute Gasteiger partial charge is 0.508 e. The highest BCUT2D eigenvalue weighted by Gasteiger charge is 2.27. The molecule has 0 aliphatic rings. The minimum Gasteiger partial charge on any atom is -0.508 e. The van der Waals surface area contributed by atoms with Gasteiger partial charge in [0.2, 0.25) is 0 Å². The van der Waals surface area contributed by atoms with Crippen LogP contribution >= 0.6 is 0 Å². The normalized spacial score (nSPS) is 11.3. The van der Waals surface area contributed by atoms with E-state index in [0.29, 0.717) is 5.56 Å². The Morgan fingerprint density at radius 2 is 2.18 bits per heavy atom. The van der Waals surface area contributed by atoms with Gasteiger partial charge in [-0.1, -0.05) is 6.07 Å². The molecule has 0 fully saturated rings. The molecule has 0 saturated carbocycles. The predicted octanol–water partition coefficient (Wildman–Crippen LogP) is 1.02. The summed E-state index contributed by atoms with van der Waals surface area (Å²) >= 11 is 0. The van der Waals surface area contributed by atoms with Gasteiger partial charge in [0.15, 0.2) is 0 Å². The zero-order chi connectivity index (χ0) is 13.1. The topological polar surface area (TPSA) is 75.4 Å². The molecule has 6 heteroatoms. The fraction of sp³-hybridized carbons (Fsp3) is 0.364. The average Bonchev–Trinajstić information content (AvgIpc) is 2.30. The molecule has 1 aromatic carbocycles. The highest BCUT2D eigenvalue weighted by atomic mass is 19.3. The number of nitrogens with two attached hydrogens (primary N) is 1. The van der Waals surface area contributed by atoms with Crippen molar-refractivity contribution < 1.29 is 18.7 Å². The summed E-state index contributed by atoms with van der Waals surface area (Å²) < 4.78 is 25.6. The van der Waals surface area contributed by atoms with Crippen molar-refractivity contribution in [3.8, 4) is 5.75 Å². The molecule has 0 aliphatic heterocycles. The molecule has 0 bridgehead atoms. The van der Waals surface area contributed by atoms with Gasteiger partial charge in [0.05, 0.1) is 13.1 Å². The van der Waals surface area contributed by atoms with Crippen LogP contribution in [-0.4, -0.2) is 30.0 Å². The zero-order valence-electron chi connectivity index (χ0n) is 9.34. The first-order valence-electron chi connectivity index (χ1n) is 5.01. The van der Waals surface area contributed by atoms with Crippen molar-refractivity contribution in [1.29, 1.82) is 0 Å². The van der Waals surface area contributed by atoms with Gasteiger partial charge in [-0.3, -0.25) is 4.79 Å². The average molecular weight is 244 g/mol. The quantitative estimate of drug-likeness (QED) is 0.740. The highest BCUT2D eigenvalue weighted by Crippen LogP contribution is 2.17. The zero-order valence-corrected chi connectivity index (χ0v) is 9.34. The lowest BCUT2D eigenvalue weighted by Crippen LogP contribution is -2.41. The van der Waals surface area contributed by atoms with E-state index in [9.17, 15) is 18.7 Å². The van der Waals surface area contributed by atoms with Crippen LogP contribution in [0.3, 0.4) is 0 Å². The van der Waals surface area contributed by atoms with E-state index < -0.39 is 24.9 Å². The number of aryl methyl sites for hydroxylation is 1. The van der Waals surface area contributed by atoms with Gasteiger partial charge in [0.1, 0.15) is 5.75 Å². The summed E-state index contributed by atoms with van der Waals surface area (Å²) in [6.07, 6.45) is 0. The van der Waals surface area contributed by atoms with Crippen LogP contribution in [0.5, 0.6) is 5.75 Å². The van der Waals surface area contributed by atoms with Crippen molar-refractivity contribution in [1.82, 2.24) is 5.32 Å². The van der Waals surface area contributed by atoms with Gasteiger partial charge in [-0.2, -0.15) is 0 Å². The Balaban J connectivity index is 2.68. The minimum absolute atomic E-state index is 0.0526. The van der Waals surface area contributed by atoms with Crippen molar-refractivity contribution in [3.63, 3.8) is 0 Å². The number of hydrogen-bond acceptors (Lipinski definition) is 3. The van der Waals surface area contributed by atoms with Gasteiger partial charge >= 0.3 is 0 Å². The second-order valence-corrected chi connectivity index (χ2v) is 3.74. The predicted molar refractivity (Wildman–Crippen MR) is 59.2 cm³/mol. The SMILES string of the molecule is Cc1ccc(C(=O)NCC(F)(F)CN)cc1O. The molecule has 0 aromatic heterocycles. The molecule has 4 N–H and O–H groups in total. The molecule has 0 atom stereocenters. The van der Waals surface area contributed by atoms with E-state index in [4.69, 9.17) is 5.73 Å². The highest BCUT2D eigenvalue weighted by molar-refractivity contribution is 5.94. The Morgan fingerprint density at radius 3 is 2.71 bits per heavy atom. The van der Waals surface area contributed by atoms with Crippen molar-refractivity contribution in [2.45, 2.75) is 12.8 Å². The number of carbonyl (C=O) groups is 1. The Morgan fingerprint density at radius 1 is 1.53 bits per heavy atom. The molecule has 94 valence electrons. The molecule has 17 heavy (non-hydrogen) atoms. The van der Waals surface area contributed by atoms with Crippen LogP contribution in [0.4, 0.5) is 8.78 Å². The van der Waals surface area contributed by atoms with Crippen molar-refractivity contribution in [3.05, 3.63) is 29.3 Å². The van der Waals surface area contributed by atoms with Crippen LogP contribution < -0.4 is 11.1 Å². The summed E-state index contributed by atoms with van der Waals surface area (Å²) in [4.78, 5) is 11.5. The third kappa shape index (κ3) is 3.67. The number of phenols is 1. The first-order valence-corrected chi connectivity index (χ1v) is 5.01. The number of alkyl halides is 2. The van der Waals surface area contributed by atoms with Crippen LogP contribution in [0, 0.1) is 6.92 Å². The van der Waals surface area contributed by atoms with Gasteiger partial charge < -0.3 is 16.2 Å². The van der Waals surface area contributed by atoms with E-state index in [1.54, 1.807) is 6.92 Å². The smallest absolute Gasteiger partial charge is 0.277 e. The number of benzene rings is 1. The van der Waals surface area contributed by atoms with Gasteiger partial charge in [-0.05, 0) is 24.6 Å². The van der Waals surface area contributed by atoms with Crippen LogP contribution in [0.15, 0.2) is 18.2 Å². The second-order valence-electron chi connectivity index (χ2n) is 3.74. The number of amides is 1. The van der Waals surface area contributed by atoms with Crippen LogP contribution in [0.2, 0.25) is 0 Å². The number of hydrogen-bond donors (Lipinski definition) is 3. The molecular formula is C11H14F2N2O2. The Hall–Kier alpha value is -1.69. The molecule has 1 amide bonds. The van der Waals surface area contributed by atoms with E-state index in [1.807, 2.05) is 0 Å². The molecule has 0 saturated heterocycles. The van der Waals surface area contributed by atoms with Crippen LogP contribution in [-0.2, 0) is 0 Å². The number of rotatable bonds is 4. The number of phenolic OH excluding ortho intramolecular Hbond substituents is 1. The van der Waals surface area contributed by atoms with Gasteiger partial charge in [-0.25, -0.2) is 8.78 Å². The lowest BCUT2D eigenvalue weighted by atomic mass is 10.1. The fourth-order valence-corrected chi connectivity index (χ4v) is 1.13. The third-order valence-electron chi connectivity index (χ3n) is 2.28. The summed E-state index contributed by atoms with van der Waals surface area (Å²) in [7, 11) is 0. The fourth-order valence-electron chi connectivity index (χ4n) is 1.13. The van der Waals surface area contributed by atoms with Gasteiger partial charge in [0.25, 0.3) is 11.8 Å². The summed E-state index contributed by atoms with van der Waals surface area (Å²) in [6, 6.07) is 4.21. The summed E-state index contributed by atoms with van der Waals surface area (Å²) in [6.45, 7) is 0.0169. The van der Waals surface area contributed by atoms with E-state index >= 15 is 0 Å². The third-order valence-corrected chi connectivity index (χ3v) is 2.28. The summed E-state index contributed by atoms with van der Waals surface area (Å²) in [5.74, 6) is -3.85. The summed E-state index contributed by atoms with van der Waals surface area (Å²) in [5, 5.41) is 11.4. The second kappa shape index (κ2) is 5.09. The minimum atomic E-state index is -3.12. The van der Waals surface area contributed by atoms with Gasteiger partial charge in [-0.15, -0.1) is 0 Å². The number of halogens is 2. The Bertz CT molecular complexity index is 422. The molecule has 1 rings (SSSR count). The number of aromatic hydroxyl groups is 1. The van der Waals surface area contributed by atoms with E-state index in [1.165, 1.54) is 18.2 Å². The van der Waals surface area contributed by atoms with Crippen molar-refractivity contribution in [2.75, 3.05) is 13.1 Å². The van der Waals surface area contributed by atoms with E-state index in [2.05, 4.69) is 5.32 Å². The maximum atomic E-state index is 12.8. The molecular weight excluding hydrogens is 230 g/mol. The first kappa shape index (κ1) is 13.4. The maximum absolute atomic E-state index is 12.8. The first-order chi connectivity index (χ1) is 7.85. The van der Waals surface area contributed by atoms with E-state index in [-0.39, 0.29) is 11.3 Å². The lowest BCUT2D eigenvalue weighted by Gasteiger charge is -2.14. The molecule has 1 aromatic rings. The van der Waals surface area contributed by atoms with Crippen molar-refractivity contribution >= 4 is 5.91 Å². The molecule has 0 unspecified atom stereocenters. The summed E-state index contributed by atoms with van der Waals surface area (Å²) in [5.41, 5.74) is 5.57. The molecule has 0 radical (unpaired) electrons. The van der Waals surface area contributed by atoms with E-state index in [0.717, 1.165) is 0 Å².